The molecule has 1 rings (SSSR count). The third-order valence-electron chi connectivity index (χ3n) is 4.05. The molecule has 1 unspecified atom stereocenters. The maximum absolute atomic E-state index is 14.0. The van der Waals surface area contributed by atoms with E-state index < -0.39 is 0 Å². The van der Waals surface area contributed by atoms with E-state index in [-0.39, 0.29) is 16.8 Å². The maximum atomic E-state index is 14.0. The van der Waals surface area contributed by atoms with E-state index in [0.29, 0.717) is 5.69 Å². The minimum atomic E-state index is -0.137. The summed E-state index contributed by atoms with van der Waals surface area (Å²) < 4.78 is 14.0. The first-order valence-corrected chi connectivity index (χ1v) is 7.95. The molecule has 1 aromatic carbocycles. The van der Waals surface area contributed by atoms with E-state index in [4.69, 9.17) is 0 Å². The number of nitrogens with one attached hydrogen (secondary N) is 1. The van der Waals surface area contributed by atoms with Gasteiger partial charge < -0.3 is 10.2 Å². The molecule has 0 aromatic heterocycles. The number of hydrogen-bond acceptors (Lipinski definition) is 2. The number of halogens is 1. The van der Waals surface area contributed by atoms with Crippen molar-refractivity contribution in [3.63, 3.8) is 0 Å². The first kappa shape index (κ1) is 18.0. The summed E-state index contributed by atoms with van der Waals surface area (Å²) >= 11 is 0. The highest BCUT2D eigenvalue weighted by Crippen LogP contribution is 2.27. The molecular weight excluding hydrogens is 263 g/mol. The fraction of sp³-hybridized carbons (Fsp3) is 0.667. The zero-order valence-corrected chi connectivity index (χ0v) is 14.5. The van der Waals surface area contributed by atoms with Crippen molar-refractivity contribution in [1.29, 1.82) is 0 Å². The average molecular weight is 294 g/mol. The predicted octanol–water partition coefficient (Wildman–Crippen LogP) is 4.46. The van der Waals surface area contributed by atoms with Crippen LogP contribution in [0.25, 0.3) is 0 Å². The highest BCUT2D eigenvalue weighted by atomic mass is 19.1. The molecule has 0 saturated carbocycles. The van der Waals surface area contributed by atoms with Gasteiger partial charge in [0.05, 0.1) is 5.69 Å². The molecule has 0 saturated heterocycles. The fourth-order valence-corrected chi connectivity index (χ4v) is 2.31. The molecule has 1 N–H and O–H groups in total. The first-order valence-electron chi connectivity index (χ1n) is 7.95. The molecule has 1 atom stereocenters. The van der Waals surface area contributed by atoms with Gasteiger partial charge in [0.15, 0.2) is 0 Å². The van der Waals surface area contributed by atoms with Crippen molar-refractivity contribution in [2.75, 3.05) is 24.5 Å². The van der Waals surface area contributed by atoms with Crippen molar-refractivity contribution in [2.24, 2.45) is 5.41 Å². The molecule has 0 aliphatic rings. The maximum Gasteiger partial charge on any atom is 0.146 e. The number of benzene rings is 1. The number of hydrogen-bond donors (Lipinski definition) is 1. The van der Waals surface area contributed by atoms with E-state index in [9.17, 15) is 4.39 Å². The van der Waals surface area contributed by atoms with Crippen LogP contribution in [0.15, 0.2) is 24.3 Å². The molecule has 0 aliphatic heterocycles. The quantitative estimate of drug-likeness (QED) is 0.799. The molecule has 0 aliphatic carbocycles. The summed E-state index contributed by atoms with van der Waals surface area (Å²) in [6.45, 7) is 15.7. The number of para-hydroxylation sites is 1. The van der Waals surface area contributed by atoms with Crippen LogP contribution in [0.2, 0.25) is 0 Å². The second kappa shape index (κ2) is 7.26. The Labute approximate surface area is 129 Å². The minimum Gasteiger partial charge on any atom is -0.369 e. The van der Waals surface area contributed by atoms with Crippen LogP contribution in [0.1, 0.15) is 48.0 Å². The summed E-state index contributed by atoms with van der Waals surface area (Å²) in [6.07, 6.45) is 1.06. The summed E-state index contributed by atoms with van der Waals surface area (Å²) in [5, 5.41) is 3.59. The Balaban J connectivity index is 2.84. The lowest BCUT2D eigenvalue weighted by atomic mass is 9.85. The third-order valence-corrected chi connectivity index (χ3v) is 4.05. The third kappa shape index (κ3) is 5.66. The Kier molecular flexibility index (Phi) is 6.21. The fourth-order valence-electron chi connectivity index (χ4n) is 2.31. The molecule has 0 heterocycles. The standard InChI is InChI=1S/C18H31FN2/c1-7-18(6,13-20-17(3,4)5)14-21(8-2)16-12-10-9-11-15(16)19/h9-12,20H,7-8,13-14H2,1-6H3. The molecule has 0 bridgehead atoms. The topological polar surface area (TPSA) is 15.3 Å². The summed E-state index contributed by atoms with van der Waals surface area (Å²) in [7, 11) is 0. The number of rotatable bonds is 7. The van der Waals surface area contributed by atoms with E-state index in [2.05, 4.69) is 51.8 Å². The molecule has 0 amide bonds. The van der Waals surface area contributed by atoms with E-state index >= 15 is 0 Å². The van der Waals surface area contributed by atoms with Gasteiger partial charge in [-0.2, -0.15) is 0 Å². The van der Waals surface area contributed by atoms with Crippen molar-refractivity contribution in [1.82, 2.24) is 5.32 Å². The molecule has 1 aromatic rings. The second-order valence-electron chi connectivity index (χ2n) is 7.23. The largest absolute Gasteiger partial charge is 0.369 e. The minimum absolute atomic E-state index is 0.103. The summed E-state index contributed by atoms with van der Waals surface area (Å²) in [5.41, 5.74) is 0.923. The Morgan fingerprint density at radius 2 is 1.71 bits per heavy atom. The zero-order chi connectivity index (χ0) is 16.1. The summed E-state index contributed by atoms with van der Waals surface area (Å²) in [6, 6.07) is 7.05. The lowest BCUT2D eigenvalue weighted by Gasteiger charge is -2.38. The summed E-state index contributed by atoms with van der Waals surface area (Å²) in [4.78, 5) is 2.14. The smallest absolute Gasteiger partial charge is 0.146 e. The Hall–Kier alpha value is -1.09. The van der Waals surface area contributed by atoms with Gasteiger partial charge in [0, 0.05) is 25.2 Å². The summed E-state index contributed by atoms with van der Waals surface area (Å²) in [5.74, 6) is -0.137. The Bertz CT molecular complexity index is 439. The lowest BCUT2D eigenvalue weighted by molar-refractivity contribution is 0.259. The second-order valence-corrected chi connectivity index (χ2v) is 7.23. The molecule has 3 heteroatoms. The van der Waals surface area contributed by atoms with Gasteiger partial charge in [0.25, 0.3) is 0 Å². The zero-order valence-electron chi connectivity index (χ0n) is 14.5. The first-order chi connectivity index (χ1) is 9.71. The van der Waals surface area contributed by atoms with Gasteiger partial charge in [-0.3, -0.25) is 0 Å². The highest BCUT2D eigenvalue weighted by Gasteiger charge is 2.27. The van der Waals surface area contributed by atoms with Crippen molar-refractivity contribution < 1.29 is 4.39 Å². The number of nitrogens with zero attached hydrogens (tertiary/aromatic N) is 1. The van der Waals surface area contributed by atoms with Crippen LogP contribution in [0.4, 0.5) is 10.1 Å². The molecule has 0 spiro atoms. The molecule has 0 fully saturated rings. The van der Waals surface area contributed by atoms with E-state index in [1.807, 2.05) is 12.1 Å². The van der Waals surface area contributed by atoms with E-state index in [1.54, 1.807) is 6.07 Å². The van der Waals surface area contributed by atoms with Crippen molar-refractivity contribution in [3.05, 3.63) is 30.1 Å². The van der Waals surface area contributed by atoms with Gasteiger partial charge in [-0.15, -0.1) is 0 Å². The Morgan fingerprint density at radius 3 is 2.19 bits per heavy atom. The van der Waals surface area contributed by atoms with Gasteiger partial charge in [0.2, 0.25) is 0 Å². The van der Waals surface area contributed by atoms with Crippen LogP contribution in [0, 0.1) is 11.2 Å². The van der Waals surface area contributed by atoms with Gasteiger partial charge in [-0.25, -0.2) is 4.39 Å². The van der Waals surface area contributed by atoms with Crippen LogP contribution >= 0.6 is 0 Å². The average Bonchev–Trinajstić information content (AvgIpc) is 2.43. The normalized spacial score (nSPS) is 14.8. The number of anilines is 1. The van der Waals surface area contributed by atoms with Crippen molar-refractivity contribution in [3.8, 4) is 0 Å². The van der Waals surface area contributed by atoms with Crippen molar-refractivity contribution >= 4 is 5.69 Å². The van der Waals surface area contributed by atoms with Crippen LogP contribution in [-0.2, 0) is 0 Å². The molecule has 21 heavy (non-hydrogen) atoms. The molecule has 0 radical (unpaired) electrons. The van der Waals surface area contributed by atoms with E-state index in [0.717, 1.165) is 26.1 Å². The highest BCUT2D eigenvalue weighted by molar-refractivity contribution is 5.47. The van der Waals surface area contributed by atoms with Crippen LogP contribution < -0.4 is 10.2 Å². The van der Waals surface area contributed by atoms with Crippen LogP contribution in [0.3, 0.4) is 0 Å². The van der Waals surface area contributed by atoms with Gasteiger partial charge in [-0.05, 0) is 51.7 Å². The molecule has 120 valence electrons. The van der Waals surface area contributed by atoms with Gasteiger partial charge in [-0.1, -0.05) is 26.0 Å². The van der Waals surface area contributed by atoms with Crippen LogP contribution in [0.5, 0.6) is 0 Å². The van der Waals surface area contributed by atoms with Crippen molar-refractivity contribution in [2.45, 2.75) is 53.5 Å². The SMILES string of the molecule is CCN(CC(C)(CC)CNC(C)(C)C)c1ccccc1F. The van der Waals surface area contributed by atoms with Gasteiger partial charge >= 0.3 is 0 Å². The van der Waals surface area contributed by atoms with Gasteiger partial charge in [0.1, 0.15) is 5.82 Å². The monoisotopic (exact) mass is 294 g/mol. The van der Waals surface area contributed by atoms with Crippen LogP contribution in [-0.4, -0.2) is 25.2 Å². The predicted molar refractivity (Wildman–Crippen MR) is 90.4 cm³/mol. The molecular formula is C18H31FN2. The lowest BCUT2D eigenvalue weighted by Crippen LogP contribution is -2.47. The van der Waals surface area contributed by atoms with E-state index in [1.165, 1.54) is 6.07 Å². The Morgan fingerprint density at radius 1 is 1.10 bits per heavy atom. The molecule has 2 nitrogen and oxygen atoms in total.